The fourth-order valence-electron chi connectivity index (χ4n) is 1.13. The Labute approximate surface area is 112 Å². The Balaban J connectivity index is 2.56. The molecule has 3 N–H and O–H groups in total. The number of halogens is 2. The number of hydrogen-bond donors (Lipinski definition) is 3. The molecule has 0 bridgehead atoms. The first-order valence-corrected chi connectivity index (χ1v) is 5.99. The molecule has 0 spiro atoms. The van der Waals surface area contributed by atoms with Gasteiger partial charge in [-0.1, -0.05) is 0 Å². The second kappa shape index (κ2) is 7.07. The third-order valence-corrected chi connectivity index (χ3v) is 2.66. The zero-order valence-electron chi connectivity index (χ0n) is 9.37. The van der Waals surface area contributed by atoms with Crippen LogP contribution in [0.15, 0.2) is 22.7 Å². The number of hydrogen-bond acceptors (Lipinski definition) is 3. The molecule has 0 radical (unpaired) electrons. The summed E-state index contributed by atoms with van der Waals surface area (Å²) in [7, 11) is 0. The van der Waals surface area contributed by atoms with Crippen LogP contribution in [0.1, 0.15) is 6.42 Å². The molecule has 0 aliphatic rings. The van der Waals surface area contributed by atoms with Crippen LogP contribution < -0.4 is 10.6 Å². The Hall–Kier alpha value is -1.47. The van der Waals surface area contributed by atoms with Crippen LogP contribution in [0.3, 0.4) is 0 Å². The van der Waals surface area contributed by atoms with E-state index < -0.39 is 17.6 Å². The average Bonchev–Trinajstić information content (AvgIpc) is 2.32. The van der Waals surface area contributed by atoms with Crippen molar-refractivity contribution in [2.45, 2.75) is 6.42 Å². The molecule has 7 heteroatoms. The molecule has 0 aliphatic carbocycles. The van der Waals surface area contributed by atoms with Gasteiger partial charge < -0.3 is 15.7 Å². The van der Waals surface area contributed by atoms with Crippen LogP contribution in [0.2, 0.25) is 0 Å². The summed E-state index contributed by atoms with van der Waals surface area (Å²) in [6.07, 6.45) is 0.374. The van der Waals surface area contributed by atoms with Crippen LogP contribution in [-0.4, -0.2) is 30.1 Å². The molecule has 0 saturated carbocycles. The van der Waals surface area contributed by atoms with Crippen LogP contribution in [0.5, 0.6) is 0 Å². The van der Waals surface area contributed by atoms with E-state index in [2.05, 4.69) is 26.6 Å². The van der Waals surface area contributed by atoms with Crippen molar-refractivity contribution in [1.29, 1.82) is 0 Å². The third-order valence-electron chi connectivity index (χ3n) is 2.01. The maximum Gasteiger partial charge on any atom is 0.313 e. The van der Waals surface area contributed by atoms with Crippen molar-refractivity contribution in [3.8, 4) is 0 Å². The van der Waals surface area contributed by atoms with E-state index >= 15 is 0 Å². The average molecular weight is 319 g/mol. The lowest BCUT2D eigenvalue weighted by atomic mass is 10.3. The van der Waals surface area contributed by atoms with Gasteiger partial charge in [-0.25, -0.2) is 4.39 Å². The number of amides is 2. The number of carbonyl (C=O) groups excluding carboxylic acids is 2. The smallest absolute Gasteiger partial charge is 0.313 e. The molecule has 0 atom stereocenters. The molecule has 0 fully saturated rings. The quantitative estimate of drug-likeness (QED) is 0.573. The number of carbonyl (C=O) groups is 2. The Morgan fingerprint density at radius 3 is 2.67 bits per heavy atom. The minimum absolute atomic E-state index is 0.0641. The standard InChI is InChI=1S/C11H12BrFN2O3/c12-8-6-7(13)2-3-9(8)15-11(18)10(17)14-4-1-5-16/h2-3,6,16H,1,4-5H2,(H,14,17)(H,15,18). The van der Waals surface area contributed by atoms with Crippen LogP contribution in [0.4, 0.5) is 10.1 Å². The Kier molecular flexibility index (Phi) is 5.73. The summed E-state index contributed by atoms with van der Waals surface area (Å²) in [5.74, 6) is -2.10. The molecule has 5 nitrogen and oxygen atoms in total. The number of rotatable bonds is 4. The summed E-state index contributed by atoms with van der Waals surface area (Å²) in [4.78, 5) is 22.7. The number of nitrogens with one attached hydrogen (secondary N) is 2. The van der Waals surface area contributed by atoms with Gasteiger partial charge in [0.1, 0.15) is 5.82 Å². The summed E-state index contributed by atoms with van der Waals surface area (Å²) in [5.41, 5.74) is 0.304. The number of aliphatic hydroxyl groups is 1. The summed E-state index contributed by atoms with van der Waals surface area (Å²) < 4.78 is 13.1. The van der Waals surface area contributed by atoms with E-state index in [-0.39, 0.29) is 13.2 Å². The van der Waals surface area contributed by atoms with Crippen LogP contribution in [-0.2, 0) is 9.59 Å². The molecule has 18 heavy (non-hydrogen) atoms. The summed E-state index contributed by atoms with van der Waals surface area (Å²) in [5, 5.41) is 13.2. The van der Waals surface area contributed by atoms with Crippen molar-refractivity contribution in [1.82, 2.24) is 5.32 Å². The maximum atomic E-state index is 12.8. The predicted octanol–water partition coefficient (Wildman–Crippen LogP) is 1.03. The molecule has 1 rings (SSSR count). The number of aliphatic hydroxyl groups excluding tert-OH is 1. The highest BCUT2D eigenvalue weighted by Gasteiger charge is 2.14. The first-order chi connectivity index (χ1) is 8.54. The zero-order chi connectivity index (χ0) is 13.5. The van der Waals surface area contributed by atoms with E-state index in [1.807, 2.05) is 0 Å². The van der Waals surface area contributed by atoms with Crippen molar-refractivity contribution in [2.24, 2.45) is 0 Å². The molecular formula is C11H12BrFN2O3. The van der Waals surface area contributed by atoms with Gasteiger partial charge in [-0.05, 0) is 40.5 Å². The fraction of sp³-hybridized carbons (Fsp3) is 0.273. The van der Waals surface area contributed by atoms with E-state index in [4.69, 9.17) is 5.11 Å². The lowest BCUT2D eigenvalue weighted by Crippen LogP contribution is -2.36. The van der Waals surface area contributed by atoms with Gasteiger partial charge in [-0.2, -0.15) is 0 Å². The van der Waals surface area contributed by atoms with Gasteiger partial charge in [0.25, 0.3) is 0 Å². The van der Waals surface area contributed by atoms with Gasteiger partial charge in [0.2, 0.25) is 0 Å². The van der Waals surface area contributed by atoms with E-state index in [1.165, 1.54) is 18.2 Å². The molecule has 2 amide bonds. The van der Waals surface area contributed by atoms with Gasteiger partial charge >= 0.3 is 11.8 Å². The first kappa shape index (κ1) is 14.6. The first-order valence-electron chi connectivity index (χ1n) is 5.19. The minimum atomic E-state index is -0.847. The van der Waals surface area contributed by atoms with Gasteiger partial charge in [-0.15, -0.1) is 0 Å². The molecule has 0 aliphatic heterocycles. The van der Waals surface area contributed by atoms with Crippen molar-refractivity contribution in [3.05, 3.63) is 28.5 Å². The topological polar surface area (TPSA) is 78.4 Å². The number of anilines is 1. The van der Waals surface area contributed by atoms with Crippen molar-refractivity contribution in [2.75, 3.05) is 18.5 Å². The molecule has 1 aromatic rings. The highest BCUT2D eigenvalue weighted by molar-refractivity contribution is 9.10. The lowest BCUT2D eigenvalue weighted by Gasteiger charge is -2.07. The van der Waals surface area contributed by atoms with Crippen LogP contribution in [0.25, 0.3) is 0 Å². The molecule has 0 unspecified atom stereocenters. The predicted molar refractivity (Wildman–Crippen MR) is 67.4 cm³/mol. The van der Waals surface area contributed by atoms with Gasteiger partial charge in [0.15, 0.2) is 0 Å². The largest absolute Gasteiger partial charge is 0.396 e. The van der Waals surface area contributed by atoms with Gasteiger partial charge in [0, 0.05) is 17.6 Å². The van der Waals surface area contributed by atoms with E-state index in [0.717, 1.165) is 0 Å². The highest BCUT2D eigenvalue weighted by atomic mass is 79.9. The summed E-state index contributed by atoms with van der Waals surface area (Å²) in [6.45, 7) is 0.152. The van der Waals surface area contributed by atoms with Crippen molar-refractivity contribution in [3.63, 3.8) is 0 Å². The summed E-state index contributed by atoms with van der Waals surface area (Å²) >= 11 is 3.07. The monoisotopic (exact) mass is 318 g/mol. The third kappa shape index (κ3) is 4.42. The SMILES string of the molecule is O=C(NCCCO)C(=O)Nc1ccc(F)cc1Br. The van der Waals surface area contributed by atoms with E-state index in [0.29, 0.717) is 16.6 Å². The normalized spacial score (nSPS) is 9.94. The van der Waals surface area contributed by atoms with Crippen LogP contribution >= 0.6 is 15.9 Å². The molecule has 1 aromatic carbocycles. The molecule has 0 saturated heterocycles. The van der Waals surface area contributed by atoms with Crippen LogP contribution in [0, 0.1) is 5.82 Å². The summed E-state index contributed by atoms with van der Waals surface area (Å²) in [6, 6.07) is 3.70. The van der Waals surface area contributed by atoms with E-state index in [9.17, 15) is 14.0 Å². The van der Waals surface area contributed by atoms with Gasteiger partial charge in [-0.3, -0.25) is 9.59 Å². The molecule has 98 valence electrons. The molecule has 0 heterocycles. The molecule has 0 aromatic heterocycles. The highest BCUT2D eigenvalue weighted by Crippen LogP contribution is 2.22. The lowest BCUT2D eigenvalue weighted by molar-refractivity contribution is -0.136. The van der Waals surface area contributed by atoms with Crippen molar-refractivity contribution < 1.29 is 19.1 Å². The Bertz CT molecular complexity index is 454. The maximum absolute atomic E-state index is 12.8. The van der Waals surface area contributed by atoms with Gasteiger partial charge in [0.05, 0.1) is 5.69 Å². The van der Waals surface area contributed by atoms with E-state index in [1.54, 1.807) is 0 Å². The Morgan fingerprint density at radius 1 is 1.33 bits per heavy atom. The Morgan fingerprint density at radius 2 is 2.06 bits per heavy atom. The molecular weight excluding hydrogens is 307 g/mol. The zero-order valence-corrected chi connectivity index (χ0v) is 11.0. The second-order valence-corrected chi connectivity index (χ2v) is 4.27. The second-order valence-electron chi connectivity index (χ2n) is 3.41. The fourth-order valence-corrected chi connectivity index (χ4v) is 1.58. The minimum Gasteiger partial charge on any atom is -0.396 e. The number of benzene rings is 1. The van der Waals surface area contributed by atoms with Crippen molar-refractivity contribution >= 4 is 33.4 Å².